The van der Waals surface area contributed by atoms with Crippen molar-refractivity contribution >= 4 is 23.6 Å². The average molecular weight is 363 g/mol. The van der Waals surface area contributed by atoms with Gasteiger partial charge in [0.15, 0.2) is 5.96 Å². The van der Waals surface area contributed by atoms with E-state index in [1.165, 1.54) is 18.6 Å². The van der Waals surface area contributed by atoms with E-state index < -0.39 is 0 Å². The monoisotopic (exact) mass is 362 g/mol. The van der Waals surface area contributed by atoms with Gasteiger partial charge in [0.2, 0.25) is 0 Å². The SMILES string of the molecule is CCNC(=NCC1(C)CCCS1)NCCc1cccc(C(=O)NC)c1. The lowest BCUT2D eigenvalue weighted by molar-refractivity contribution is 0.0963. The summed E-state index contributed by atoms with van der Waals surface area (Å²) in [6.45, 7) is 6.87. The Hall–Kier alpha value is -1.69. The number of guanidine groups is 1. The molecule has 1 aliphatic heterocycles. The minimum atomic E-state index is -0.0491. The number of hydrogen-bond acceptors (Lipinski definition) is 3. The number of nitrogens with zero attached hydrogens (tertiary/aromatic N) is 1. The molecule has 1 fully saturated rings. The second-order valence-electron chi connectivity index (χ2n) is 6.55. The molecule has 1 aromatic rings. The van der Waals surface area contributed by atoms with E-state index in [9.17, 15) is 4.79 Å². The molecule has 138 valence electrons. The van der Waals surface area contributed by atoms with Crippen LogP contribution >= 0.6 is 11.8 Å². The number of thioether (sulfide) groups is 1. The van der Waals surface area contributed by atoms with Crippen molar-refractivity contribution in [3.63, 3.8) is 0 Å². The van der Waals surface area contributed by atoms with E-state index in [1.807, 2.05) is 36.0 Å². The van der Waals surface area contributed by atoms with E-state index in [-0.39, 0.29) is 10.7 Å². The molecule has 1 aromatic carbocycles. The number of benzene rings is 1. The van der Waals surface area contributed by atoms with Crippen LogP contribution in [0.15, 0.2) is 29.3 Å². The fourth-order valence-corrected chi connectivity index (χ4v) is 4.11. The fourth-order valence-electron chi connectivity index (χ4n) is 2.89. The molecule has 0 bridgehead atoms. The van der Waals surface area contributed by atoms with Crippen molar-refractivity contribution in [2.45, 2.75) is 37.9 Å². The number of rotatable bonds is 7. The second kappa shape index (κ2) is 9.70. The third-order valence-electron chi connectivity index (χ3n) is 4.34. The van der Waals surface area contributed by atoms with Crippen molar-refractivity contribution in [2.24, 2.45) is 4.99 Å². The molecule has 1 aliphatic rings. The van der Waals surface area contributed by atoms with Crippen molar-refractivity contribution in [3.8, 4) is 0 Å². The molecule has 0 spiro atoms. The van der Waals surface area contributed by atoms with E-state index >= 15 is 0 Å². The second-order valence-corrected chi connectivity index (χ2v) is 8.24. The highest BCUT2D eigenvalue weighted by Gasteiger charge is 2.29. The van der Waals surface area contributed by atoms with Gasteiger partial charge in [-0.05, 0) is 56.6 Å². The normalized spacial score (nSPS) is 20.4. The molecular weight excluding hydrogens is 332 g/mol. The van der Waals surface area contributed by atoms with E-state index in [1.54, 1.807) is 7.05 Å². The molecule has 1 amide bonds. The van der Waals surface area contributed by atoms with Crippen LogP contribution in [0.4, 0.5) is 0 Å². The molecule has 1 heterocycles. The molecule has 1 atom stereocenters. The summed E-state index contributed by atoms with van der Waals surface area (Å²) in [6.07, 6.45) is 3.39. The van der Waals surface area contributed by atoms with E-state index in [2.05, 4.69) is 29.8 Å². The van der Waals surface area contributed by atoms with Crippen LogP contribution in [-0.2, 0) is 6.42 Å². The summed E-state index contributed by atoms with van der Waals surface area (Å²) < 4.78 is 0.282. The molecule has 0 aliphatic carbocycles. The maximum absolute atomic E-state index is 11.7. The average Bonchev–Trinajstić information content (AvgIpc) is 3.06. The summed E-state index contributed by atoms with van der Waals surface area (Å²) >= 11 is 2.03. The van der Waals surface area contributed by atoms with Crippen LogP contribution in [0.5, 0.6) is 0 Å². The van der Waals surface area contributed by atoms with Crippen molar-refractivity contribution in [2.75, 3.05) is 32.4 Å². The van der Waals surface area contributed by atoms with Crippen LogP contribution in [-0.4, -0.2) is 49.0 Å². The quantitative estimate of drug-likeness (QED) is 0.515. The molecule has 25 heavy (non-hydrogen) atoms. The summed E-state index contributed by atoms with van der Waals surface area (Å²) in [5, 5.41) is 9.38. The molecule has 3 N–H and O–H groups in total. The zero-order valence-corrected chi connectivity index (χ0v) is 16.3. The number of aliphatic imine (C=N–C) groups is 1. The first-order valence-electron chi connectivity index (χ1n) is 9.03. The Kier molecular flexibility index (Phi) is 7.62. The summed E-state index contributed by atoms with van der Waals surface area (Å²) in [5.74, 6) is 2.07. The highest BCUT2D eigenvalue weighted by molar-refractivity contribution is 8.00. The Morgan fingerprint density at radius 3 is 2.88 bits per heavy atom. The third kappa shape index (κ3) is 6.27. The van der Waals surface area contributed by atoms with Crippen molar-refractivity contribution in [1.29, 1.82) is 0 Å². The van der Waals surface area contributed by atoms with Crippen LogP contribution < -0.4 is 16.0 Å². The molecular formula is C19H30N4OS. The minimum Gasteiger partial charge on any atom is -0.357 e. The van der Waals surface area contributed by atoms with Gasteiger partial charge in [0.05, 0.1) is 6.54 Å². The van der Waals surface area contributed by atoms with Gasteiger partial charge in [-0.3, -0.25) is 9.79 Å². The molecule has 1 saturated heterocycles. The van der Waals surface area contributed by atoms with Gasteiger partial charge in [0.1, 0.15) is 0 Å². The first kappa shape index (κ1) is 19.6. The molecule has 2 rings (SSSR count). The van der Waals surface area contributed by atoms with Crippen LogP contribution in [0.25, 0.3) is 0 Å². The lowest BCUT2D eigenvalue weighted by Crippen LogP contribution is -2.39. The van der Waals surface area contributed by atoms with Crippen LogP contribution in [0.2, 0.25) is 0 Å². The number of hydrogen-bond donors (Lipinski definition) is 3. The lowest BCUT2D eigenvalue weighted by Gasteiger charge is -2.21. The number of nitrogens with one attached hydrogen (secondary N) is 3. The zero-order chi connectivity index (χ0) is 18.1. The third-order valence-corrected chi connectivity index (χ3v) is 5.86. The van der Waals surface area contributed by atoms with Gasteiger partial charge < -0.3 is 16.0 Å². The Labute approximate surface area is 155 Å². The van der Waals surface area contributed by atoms with Crippen molar-refractivity contribution in [1.82, 2.24) is 16.0 Å². The summed E-state index contributed by atoms with van der Waals surface area (Å²) in [7, 11) is 1.65. The Morgan fingerprint density at radius 1 is 1.36 bits per heavy atom. The maximum atomic E-state index is 11.7. The van der Waals surface area contributed by atoms with Gasteiger partial charge in [-0.1, -0.05) is 12.1 Å². The van der Waals surface area contributed by atoms with Crippen LogP contribution in [0, 0.1) is 0 Å². The first-order chi connectivity index (χ1) is 12.1. The predicted molar refractivity (Wildman–Crippen MR) is 108 cm³/mol. The molecule has 6 heteroatoms. The Balaban J connectivity index is 1.87. The molecule has 0 aromatic heterocycles. The lowest BCUT2D eigenvalue weighted by atomic mass is 10.1. The number of carbonyl (C=O) groups is 1. The van der Waals surface area contributed by atoms with Gasteiger partial charge in [-0.15, -0.1) is 0 Å². The number of amides is 1. The molecule has 0 saturated carbocycles. The largest absolute Gasteiger partial charge is 0.357 e. The highest BCUT2D eigenvalue weighted by Crippen LogP contribution is 2.37. The first-order valence-corrected chi connectivity index (χ1v) is 10.0. The summed E-state index contributed by atoms with van der Waals surface area (Å²) in [5.41, 5.74) is 1.84. The number of carbonyl (C=O) groups excluding carboxylic acids is 1. The van der Waals surface area contributed by atoms with Crippen LogP contribution in [0.3, 0.4) is 0 Å². The van der Waals surface area contributed by atoms with Gasteiger partial charge in [0, 0.05) is 30.4 Å². The molecule has 5 nitrogen and oxygen atoms in total. The topological polar surface area (TPSA) is 65.5 Å². The smallest absolute Gasteiger partial charge is 0.251 e. The van der Waals surface area contributed by atoms with Crippen LogP contribution in [0.1, 0.15) is 42.6 Å². The minimum absolute atomic E-state index is 0.0491. The van der Waals surface area contributed by atoms with Gasteiger partial charge in [-0.25, -0.2) is 0 Å². The van der Waals surface area contributed by atoms with E-state index in [0.29, 0.717) is 5.56 Å². The van der Waals surface area contributed by atoms with Gasteiger partial charge in [0.25, 0.3) is 5.91 Å². The Morgan fingerprint density at radius 2 is 2.20 bits per heavy atom. The predicted octanol–water partition coefficient (Wildman–Crippen LogP) is 2.43. The molecule has 1 unspecified atom stereocenters. The van der Waals surface area contributed by atoms with E-state index in [0.717, 1.165) is 37.6 Å². The van der Waals surface area contributed by atoms with Gasteiger partial charge in [-0.2, -0.15) is 11.8 Å². The molecule has 0 radical (unpaired) electrons. The van der Waals surface area contributed by atoms with Gasteiger partial charge >= 0.3 is 0 Å². The standard InChI is InChI=1S/C19H30N4OS/c1-4-21-18(23-14-19(2)10-6-12-25-19)22-11-9-15-7-5-8-16(13-15)17(24)20-3/h5,7-8,13H,4,6,9-12,14H2,1-3H3,(H,20,24)(H2,21,22,23). The zero-order valence-electron chi connectivity index (χ0n) is 15.5. The maximum Gasteiger partial charge on any atom is 0.251 e. The Bertz CT molecular complexity index is 597. The van der Waals surface area contributed by atoms with Crippen molar-refractivity contribution < 1.29 is 4.79 Å². The van der Waals surface area contributed by atoms with E-state index in [4.69, 9.17) is 4.99 Å². The fraction of sp³-hybridized carbons (Fsp3) is 0.579. The van der Waals surface area contributed by atoms with Crippen molar-refractivity contribution in [3.05, 3.63) is 35.4 Å². The summed E-state index contributed by atoms with van der Waals surface area (Å²) in [6, 6.07) is 7.76. The highest BCUT2D eigenvalue weighted by atomic mass is 32.2. The summed E-state index contributed by atoms with van der Waals surface area (Å²) in [4.78, 5) is 16.5.